The molecule has 3 aromatic rings. The fraction of sp³-hybridized carbons (Fsp3) is 0.344. The van der Waals surface area contributed by atoms with E-state index in [1.807, 2.05) is 30.3 Å². The number of nitrogens with one attached hydrogen (secondary N) is 1. The standard InChI is InChI=1S/C32H33Cl2N3O5S/c33-26-16-15-23(19-27(26)34)21-36(30(38)17-18-37-32(40)25-13-7-8-14-29(25)43(37,41)42)28(20-22-9-3-1-4-10-22)31(39)35-24-11-5-2-6-12-24/h1,3-4,7-10,13-16,19,24,28H,2,5-6,11-12,17-18,20-21H2,(H,35,39)/t28-/m1/s1. The van der Waals surface area contributed by atoms with Gasteiger partial charge >= 0.3 is 0 Å². The van der Waals surface area contributed by atoms with Crippen molar-refractivity contribution in [1.82, 2.24) is 14.5 Å². The first-order chi connectivity index (χ1) is 20.6. The summed E-state index contributed by atoms with van der Waals surface area (Å²) in [6.45, 7) is -0.318. The van der Waals surface area contributed by atoms with E-state index in [1.165, 1.54) is 17.0 Å². The summed E-state index contributed by atoms with van der Waals surface area (Å²) in [6, 6.07) is 19.5. The normalized spacial score (nSPS) is 16.9. The number of benzene rings is 3. The molecule has 226 valence electrons. The van der Waals surface area contributed by atoms with E-state index in [9.17, 15) is 22.8 Å². The fourth-order valence-electron chi connectivity index (χ4n) is 5.73. The Morgan fingerprint density at radius 1 is 0.907 bits per heavy atom. The second kappa shape index (κ2) is 13.5. The zero-order valence-electron chi connectivity index (χ0n) is 23.5. The van der Waals surface area contributed by atoms with Crippen LogP contribution in [-0.4, -0.2) is 54.0 Å². The lowest BCUT2D eigenvalue weighted by Gasteiger charge is -2.34. The van der Waals surface area contributed by atoms with Crippen LogP contribution in [0.3, 0.4) is 0 Å². The van der Waals surface area contributed by atoms with Crippen molar-refractivity contribution in [1.29, 1.82) is 0 Å². The van der Waals surface area contributed by atoms with Gasteiger partial charge in [-0.25, -0.2) is 12.7 Å². The van der Waals surface area contributed by atoms with Gasteiger partial charge in [0, 0.05) is 32.0 Å². The van der Waals surface area contributed by atoms with Gasteiger partial charge in [0.05, 0.1) is 15.6 Å². The van der Waals surface area contributed by atoms with Crippen LogP contribution in [0, 0.1) is 0 Å². The highest BCUT2D eigenvalue weighted by Gasteiger charge is 2.41. The van der Waals surface area contributed by atoms with Gasteiger partial charge in [0.2, 0.25) is 11.8 Å². The van der Waals surface area contributed by atoms with Crippen molar-refractivity contribution >= 4 is 50.9 Å². The molecule has 5 rings (SSSR count). The maximum atomic E-state index is 14.0. The second-order valence-corrected chi connectivity index (χ2v) is 13.6. The molecule has 0 unspecified atom stereocenters. The summed E-state index contributed by atoms with van der Waals surface area (Å²) in [4.78, 5) is 42.3. The second-order valence-electron chi connectivity index (χ2n) is 10.9. The summed E-state index contributed by atoms with van der Waals surface area (Å²) in [5.74, 6) is -1.42. The van der Waals surface area contributed by atoms with Crippen LogP contribution in [0.15, 0.2) is 77.7 Å². The molecule has 3 amide bonds. The van der Waals surface area contributed by atoms with Crippen LogP contribution in [0.1, 0.15) is 60.0 Å². The molecule has 43 heavy (non-hydrogen) atoms. The van der Waals surface area contributed by atoms with Gasteiger partial charge < -0.3 is 10.2 Å². The van der Waals surface area contributed by atoms with Crippen molar-refractivity contribution in [2.45, 2.75) is 68.5 Å². The maximum Gasteiger partial charge on any atom is 0.269 e. The third kappa shape index (κ3) is 7.06. The third-order valence-electron chi connectivity index (χ3n) is 8.00. The van der Waals surface area contributed by atoms with Gasteiger partial charge in [-0.2, -0.15) is 0 Å². The maximum absolute atomic E-state index is 14.0. The number of hydrogen-bond acceptors (Lipinski definition) is 5. The lowest BCUT2D eigenvalue weighted by atomic mass is 9.94. The molecular formula is C32H33Cl2N3O5S. The van der Waals surface area contributed by atoms with E-state index in [4.69, 9.17) is 23.2 Å². The largest absolute Gasteiger partial charge is 0.352 e. The Morgan fingerprint density at radius 2 is 1.60 bits per heavy atom. The minimum absolute atomic E-state index is 0.0207. The summed E-state index contributed by atoms with van der Waals surface area (Å²) in [5.41, 5.74) is 1.60. The van der Waals surface area contributed by atoms with E-state index in [0.717, 1.165) is 42.0 Å². The molecule has 1 N–H and O–H groups in total. The van der Waals surface area contributed by atoms with E-state index < -0.39 is 27.9 Å². The zero-order valence-corrected chi connectivity index (χ0v) is 25.9. The van der Waals surface area contributed by atoms with Crippen LogP contribution in [-0.2, 0) is 32.6 Å². The summed E-state index contributed by atoms with van der Waals surface area (Å²) in [5, 5.41) is 3.84. The van der Waals surface area contributed by atoms with Crippen molar-refractivity contribution < 1.29 is 22.8 Å². The van der Waals surface area contributed by atoms with Gasteiger partial charge in [0.15, 0.2) is 0 Å². The average molecular weight is 643 g/mol. The lowest BCUT2D eigenvalue weighted by Crippen LogP contribution is -2.53. The minimum atomic E-state index is -4.09. The average Bonchev–Trinajstić information content (AvgIpc) is 3.20. The van der Waals surface area contributed by atoms with Crippen LogP contribution < -0.4 is 5.32 Å². The van der Waals surface area contributed by atoms with Crippen molar-refractivity contribution in [2.24, 2.45) is 0 Å². The van der Waals surface area contributed by atoms with Crippen LogP contribution in [0.4, 0.5) is 0 Å². The molecule has 0 radical (unpaired) electrons. The molecule has 1 atom stereocenters. The first kappa shape index (κ1) is 31.0. The summed E-state index contributed by atoms with van der Waals surface area (Å²) in [6.07, 6.45) is 4.88. The molecule has 1 aliphatic carbocycles. The van der Waals surface area contributed by atoms with Gasteiger partial charge in [-0.1, -0.05) is 91.0 Å². The monoisotopic (exact) mass is 641 g/mol. The van der Waals surface area contributed by atoms with Crippen LogP contribution in [0.2, 0.25) is 10.0 Å². The predicted molar refractivity (Wildman–Crippen MR) is 165 cm³/mol. The molecule has 1 aliphatic heterocycles. The van der Waals surface area contributed by atoms with Crippen molar-refractivity contribution in [3.63, 3.8) is 0 Å². The van der Waals surface area contributed by atoms with E-state index >= 15 is 0 Å². The smallest absolute Gasteiger partial charge is 0.269 e. The molecule has 2 aliphatic rings. The Balaban J connectivity index is 1.44. The SMILES string of the molecule is O=C(NC1CCCCC1)[C@@H](Cc1ccccc1)N(Cc1ccc(Cl)c(Cl)c1)C(=O)CCN1C(=O)c2ccccc2S1(=O)=O. The van der Waals surface area contributed by atoms with Gasteiger partial charge in [0.1, 0.15) is 10.9 Å². The number of halogens is 2. The highest BCUT2D eigenvalue weighted by atomic mass is 35.5. The molecular weight excluding hydrogens is 609 g/mol. The van der Waals surface area contributed by atoms with Gasteiger partial charge in [-0.15, -0.1) is 0 Å². The fourth-order valence-corrected chi connectivity index (χ4v) is 7.62. The van der Waals surface area contributed by atoms with Gasteiger partial charge in [-0.3, -0.25) is 14.4 Å². The summed E-state index contributed by atoms with van der Waals surface area (Å²) < 4.78 is 27.0. The number of sulfonamides is 1. The minimum Gasteiger partial charge on any atom is -0.352 e. The zero-order chi connectivity index (χ0) is 30.6. The number of amides is 3. The molecule has 3 aromatic carbocycles. The van der Waals surface area contributed by atoms with Crippen LogP contribution in [0.25, 0.3) is 0 Å². The number of fused-ring (bicyclic) bond motifs is 1. The Bertz CT molecular complexity index is 1610. The Morgan fingerprint density at radius 3 is 2.30 bits per heavy atom. The summed E-state index contributed by atoms with van der Waals surface area (Å²) in [7, 11) is -4.09. The summed E-state index contributed by atoms with van der Waals surface area (Å²) >= 11 is 12.4. The number of rotatable bonds is 10. The first-order valence-corrected chi connectivity index (χ1v) is 16.6. The van der Waals surface area contributed by atoms with E-state index in [1.54, 1.807) is 30.3 Å². The molecule has 1 saturated carbocycles. The lowest BCUT2D eigenvalue weighted by molar-refractivity contribution is -0.141. The molecule has 0 aromatic heterocycles. The predicted octanol–water partition coefficient (Wildman–Crippen LogP) is 5.62. The van der Waals surface area contributed by atoms with Gasteiger partial charge in [0.25, 0.3) is 15.9 Å². The van der Waals surface area contributed by atoms with Crippen molar-refractivity contribution in [2.75, 3.05) is 6.54 Å². The van der Waals surface area contributed by atoms with E-state index in [-0.39, 0.29) is 48.3 Å². The van der Waals surface area contributed by atoms with Crippen molar-refractivity contribution in [3.05, 3.63) is 99.5 Å². The number of carbonyl (C=O) groups excluding carboxylic acids is 3. The topological polar surface area (TPSA) is 104 Å². The van der Waals surface area contributed by atoms with Crippen LogP contribution in [0.5, 0.6) is 0 Å². The first-order valence-electron chi connectivity index (χ1n) is 14.4. The highest BCUT2D eigenvalue weighted by Crippen LogP contribution is 2.30. The Labute approximate surface area is 262 Å². The van der Waals surface area contributed by atoms with Crippen LogP contribution >= 0.6 is 23.2 Å². The molecule has 1 fully saturated rings. The number of nitrogens with zero attached hydrogens (tertiary/aromatic N) is 2. The van der Waals surface area contributed by atoms with Crippen molar-refractivity contribution in [3.8, 4) is 0 Å². The third-order valence-corrected chi connectivity index (χ3v) is 10.6. The highest BCUT2D eigenvalue weighted by molar-refractivity contribution is 7.90. The van der Waals surface area contributed by atoms with E-state index in [0.29, 0.717) is 15.6 Å². The molecule has 0 saturated heterocycles. The van der Waals surface area contributed by atoms with Gasteiger partial charge in [-0.05, 0) is 48.2 Å². The number of hydrogen-bond donors (Lipinski definition) is 1. The molecule has 0 bridgehead atoms. The van der Waals surface area contributed by atoms with E-state index in [2.05, 4.69) is 5.32 Å². The quantitative estimate of drug-likeness (QED) is 0.310. The Kier molecular flexibility index (Phi) is 9.74. The number of carbonyl (C=O) groups is 3. The molecule has 0 spiro atoms. The molecule has 1 heterocycles. The molecule has 8 nitrogen and oxygen atoms in total. The molecule has 11 heteroatoms. The Hall–Kier alpha value is -3.40.